The van der Waals surface area contributed by atoms with Gasteiger partial charge in [-0.2, -0.15) is 0 Å². The Morgan fingerprint density at radius 3 is 2.60 bits per heavy atom. The second kappa shape index (κ2) is 6.64. The summed E-state index contributed by atoms with van der Waals surface area (Å²) in [7, 11) is 0. The minimum Gasteiger partial charge on any atom is -0.309 e. The maximum atomic E-state index is 13.9. The van der Waals surface area contributed by atoms with Gasteiger partial charge in [-0.1, -0.05) is 6.92 Å². The highest BCUT2D eigenvalue weighted by Gasteiger charge is 2.27. The van der Waals surface area contributed by atoms with Crippen LogP contribution >= 0.6 is 0 Å². The summed E-state index contributed by atoms with van der Waals surface area (Å²) in [6, 6.07) is 3.14. The molecule has 1 unspecified atom stereocenters. The molecule has 1 saturated carbocycles. The van der Waals surface area contributed by atoms with Crippen LogP contribution in [0.5, 0.6) is 0 Å². The van der Waals surface area contributed by atoms with Crippen molar-refractivity contribution in [2.24, 2.45) is 0 Å². The summed E-state index contributed by atoms with van der Waals surface area (Å²) in [5.74, 6) is -0.679. The Balaban J connectivity index is 1.88. The van der Waals surface area contributed by atoms with E-state index in [1.807, 2.05) is 6.92 Å². The molecule has 1 aliphatic rings. The van der Waals surface area contributed by atoms with Crippen LogP contribution in [0, 0.1) is 18.6 Å². The zero-order valence-corrected chi connectivity index (χ0v) is 12.5. The Bertz CT molecular complexity index is 458. The lowest BCUT2D eigenvalue weighted by molar-refractivity contribution is 0.273. The van der Waals surface area contributed by atoms with Crippen molar-refractivity contribution in [1.82, 2.24) is 10.2 Å². The number of hydrogen-bond acceptors (Lipinski definition) is 2. The molecule has 0 aliphatic heterocycles. The smallest absolute Gasteiger partial charge is 0.128 e. The minimum atomic E-state index is -0.344. The Hall–Kier alpha value is -1.00. The number of halogens is 2. The molecule has 2 nitrogen and oxygen atoms in total. The molecular formula is C16H24F2N2. The first-order chi connectivity index (χ1) is 9.52. The van der Waals surface area contributed by atoms with E-state index in [0.29, 0.717) is 11.1 Å². The molecule has 112 valence electrons. The van der Waals surface area contributed by atoms with E-state index in [9.17, 15) is 8.78 Å². The Kier molecular flexibility index (Phi) is 5.11. The Morgan fingerprint density at radius 1 is 1.30 bits per heavy atom. The number of likely N-dealkylation sites (N-methyl/N-ethyl adjacent to an activating group) is 1. The molecule has 0 aromatic heterocycles. The van der Waals surface area contributed by atoms with Crippen molar-refractivity contribution in [3.05, 3.63) is 34.9 Å². The molecule has 1 fully saturated rings. The number of hydrogen-bond donors (Lipinski definition) is 1. The summed E-state index contributed by atoms with van der Waals surface area (Å²) >= 11 is 0. The lowest BCUT2D eigenvalue weighted by atomic mass is 10.1. The van der Waals surface area contributed by atoms with Crippen LogP contribution in [-0.4, -0.2) is 30.6 Å². The highest BCUT2D eigenvalue weighted by Crippen LogP contribution is 2.26. The topological polar surface area (TPSA) is 15.3 Å². The van der Waals surface area contributed by atoms with Crippen molar-refractivity contribution in [3.8, 4) is 0 Å². The molecule has 20 heavy (non-hydrogen) atoms. The fraction of sp³-hybridized carbons (Fsp3) is 0.625. The van der Waals surface area contributed by atoms with Crippen molar-refractivity contribution in [2.75, 3.05) is 19.6 Å². The maximum Gasteiger partial charge on any atom is 0.128 e. The van der Waals surface area contributed by atoms with E-state index in [0.717, 1.165) is 25.7 Å². The van der Waals surface area contributed by atoms with Crippen LogP contribution in [0.3, 0.4) is 0 Å². The number of rotatable bonds is 7. The van der Waals surface area contributed by atoms with Gasteiger partial charge < -0.3 is 5.32 Å². The lowest BCUT2D eigenvalue weighted by Gasteiger charge is -2.22. The predicted molar refractivity (Wildman–Crippen MR) is 77.8 cm³/mol. The van der Waals surface area contributed by atoms with Crippen molar-refractivity contribution in [1.29, 1.82) is 0 Å². The van der Waals surface area contributed by atoms with E-state index in [2.05, 4.69) is 17.1 Å². The number of benzene rings is 1. The fourth-order valence-corrected chi connectivity index (χ4v) is 2.57. The van der Waals surface area contributed by atoms with E-state index < -0.39 is 0 Å². The molecule has 0 saturated heterocycles. The zero-order chi connectivity index (χ0) is 14.7. The monoisotopic (exact) mass is 282 g/mol. The van der Waals surface area contributed by atoms with Gasteiger partial charge in [0.2, 0.25) is 0 Å². The van der Waals surface area contributed by atoms with Gasteiger partial charge >= 0.3 is 0 Å². The van der Waals surface area contributed by atoms with Gasteiger partial charge in [-0.3, -0.25) is 4.90 Å². The zero-order valence-electron chi connectivity index (χ0n) is 12.5. The standard InChI is InChI=1S/C16H24F2N2/c1-4-20(13-5-6-13)8-7-19-12(3)14-10-15(17)11(2)9-16(14)18/h9-10,12-13,19H,4-8H2,1-3H3. The maximum absolute atomic E-state index is 13.9. The summed E-state index contributed by atoms with van der Waals surface area (Å²) in [5, 5.41) is 3.29. The van der Waals surface area contributed by atoms with Crippen molar-refractivity contribution >= 4 is 0 Å². The quantitative estimate of drug-likeness (QED) is 0.824. The molecule has 0 bridgehead atoms. The van der Waals surface area contributed by atoms with Crippen LogP contribution in [0.25, 0.3) is 0 Å². The predicted octanol–water partition coefficient (Wildman–Crippen LogP) is 3.41. The second-order valence-corrected chi connectivity index (χ2v) is 5.66. The SMILES string of the molecule is CCN(CCNC(C)c1cc(F)c(C)cc1F)C1CC1. The number of nitrogens with one attached hydrogen (secondary N) is 1. The molecule has 0 amide bonds. The average molecular weight is 282 g/mol. The summed E-state index contributed by atoms with van der Waals surface area (Å²) in [5.41, 5.74) is 0.756. The molecule has 1 aromatic rings. The van der Waals surface area contributed by atoms with Gasteiger partial charge in [0.15, 0.2) is 0 Å². The third kappa shape index (κ3) is 3.76. The largest absolute Gasteiger partial charge is 0.309 e. The van der Waals surface area contributed by atoms with Gasteiger partial charge in [0.05, 0.1) is 0 Å². The van der Waals surface area contributed by atoms with E-state index in [-0.39, 0.29) is 17.7 Å². The number of nitrogens with zero attached hydrogens (tertiary/aromatic N) is 1. The molecule has 1 aliphatic carbocycles. The number of aryl methyl sites for hydroxylation is 1. The van der Waals surface area contributed by atoms with Crippen LogP contribution in [0.15, 0.2) is 12.1 Å². The van der Waals surface area contributed by atoms with E-state index >= 15 is 0 Å². The normalized spacial score (nSPS) is 16.7. The van der Waals surface area contributed by atoms with Gasteiger partial charge in [0, 0.05) is 30.7 Å². The first-order valence-electron chi connectivity index (χ1n) is 7.46. The average Bonchev–Trinajstić information content (AvgIpc) is 3.23. The minimum absolute atomic E-state index is 0.178. The van der Waals surface area contributed by atoms with Crippen molar-refractivity contribution < 1.29 is 8.78 Å². The van der Waals surface area contributed by atoms with Gasteiger partial charge in [-0.05, 0) is 50.9 Å². The van der Waals surface area contributed by atoms with Gasteiger partial charge in [0.25, 0.3) is 0 Å². The fourth-order valence-electron chi connectivity index (χ4n) is 2.57. The highest BCUT2D eigenvalue weighted by atomic mass is 19.1. The van der Waals surface area contributed by atoms with E-state index in [1.54, 1.807) is 6.92 Å². The summed E-state index contributed by atoms with van der Waals surface area (Å²) < 4.78 is 27.4. The first kappa shape index (κ1) is 15.4. The first-order valence-corrected chi connectivity index (χ1v) is 7.46. The third-order valence-corrected chi connectivity index (χ3v) is 4.06. The van der Waals surface area contributed by atoms with Crippen LogP contribution in [-0.2, 0) is 0 Å². The van der Waals surface area contributed by atoms with E-state index in [1.165, 1.54) is 25.0 Å². The molecule has 0 heterocycles. The molecule has 1 aromatic carbocycles. The molecule has 0 spiro atoms. The van der Waals surface area contributed by atoms with Crippen LogP contribution in [0.2, 0.25) is 0 Å². The van der Waals surface area contributed by atoms with E-state index in [4.69, 9.17) is 0 Å². The van der Waals surface area contributed by atoms with Crippen molar-refractivity contribution in [3.63, 3.8) is 0 Å². The second-order valence-electron chi connectivity index (χ2n) is 5.66. The summed E-state index contributed by atoms with van der Waals surface area (Å²) in [6.45, 7) is 8.42. The van der Waals surface area contributed by atoms with Gasteiger partial charge in [0.1, 0.15) is 11.6 Å². The summed E-state index contributed by atoms with van der Waals surface area (Å²) in [6.07, 6.45) is 2.59. The molecule has 0 radical (unpaired) electrons. The van der Waals surface area contributed by atoms with Crippen molar-refractivity contribution in [2.45, 2.75) is 45.7 Å². The molecular weight excluding hydrogens is 258 g/mol. The summed E-state index contributed by atoms with van der Waals surface area (Å²) in [4.78, 5) is 2.44. The Morgan fingerprint density at radius 2 is 2.00 bits per heavy atom. The van der Waals surface area contributed by atoms with Crippen LogP contribution < -0.4 is 5.32 Å². The molecule has 2 rings (SSSR count). The molecule has 1 N–H and O–H groups in total. The highest BCUT2D eigenvalue weighted by molar-refractivity contribution is 5.27. The van der Waals surface area contributed by atoms with Crippen LogP contribution in [0.1, 0.15) is 43.9 Å². The lowest BCUT2D eigenvalue weighted by Crippen LogP contribution is -2.34. The Labute approximate surface area is 120 Å². The molecule has 4 heteroatoms. The van der Waals surface area contributed by atoms with Gasteiger partial charge in [-0.25, -0.2) is 8.78 Å². The van der Waals surface area contributed by atoms with Crippen LogP contribution in [0.4, 0.5) is 8.78 Å². The van der Waals surface area contributed by atoms with Gasteiger partial charge in [-0.15, -0.1) is 0 Å². The third-order valence-electron chi connectivity index (χ3n) is 4.06. The molecule has 1 atom stereocenters.